The van der Waals surface area contributed by atoms with Crippen LogP contribution in [0.4, 0.5) is 13.2 Å². The normalized spacial score (nSPS) is 11.9. The van der Waals surface area contributed by atoms with E-state index >= 15 is 0 Å². The van der Waals surface area contributed by atoms with Crippen LogP contribution in [-0.4, -0.2) is 40.8 Å². The van der Waals surface area contributed by atoms with Crippen LogP contribution >= 0.6 is 11.6 Å². The van der Waals surface area contributed by atoms with E-state index in [1.54, 1.807) is 18.2 Å². The minimum absolute atomic E-state index is 0.0573. The molecule has 0 aliphatic heterocycles. The quantitative estimate of drug-likeness (QED) is 0.355. The fraction of sp³-hybridized carbons (Fsp3) is 0.385. The van der Waals surface area contributed by atoms with Gasteiger partial charge in [0, 0.05) is 17.7 Å². The van der Waals surface area contributed by atoms with E-state index in [0.29, 0.717) is 45.8 Å². The predicted molar refractivity (Wildman–Crippen MR) is 134 cm³/mol. The minimum Gasteiger partial charge on any atom is -0.493 e. The third-order valence-corrected chi connectivity index (χ3v) is 5.82. The second kappa shape index (κ2) is 11.3. The van der Waals surface area contributed by atoms with Gasteiger partial charge in [-0.2, -0.15) is 23.1 Å². The molecule has 0 aliphatic carbocycles. The molecule has 1 N–H and O–H groups in total. The van der Waals surface area contributed by atoms with E-state index in [0.717, 1.165) is 13.8 Å². The first-order valence-electron chi connectivity index (χ1n) is 11.5. The lowest BCUT2D eigenvalue weighted by molar-refractivity contribution is -0.211. The second-order valence-electron chi connectivity index (χ2n) is 9.32. The number of nitrogens with zero attached hydrogens (tertiary/aromatic N) is 3. The van der Waals surface area contributed by atoms with Crippen molar-refractivity contribution in [2.45, 2.75) is 40.4 Å². The van der Waals surface area contributed by atoms with Crippen LogP contribution in [0.1, 0.15) is 33.3 Å². The fourth-order valence-corrected chi connectivity index (χ4v) is 3.25. The summed E-state index contributed by atoms with van der Waals surface area (Å²) in [6.45, 7) is 6.23. The molecule has 0 unspecified atom stereocenters. The number of nitrogens with one attached hydrogen (secondary N) is 1. The van der Waals surface area contributed by atoms with Gasteiger partial charge in [0.15, 0.2) is 11.6 Å². The Bertz CT molecular complexity index is 1250. The van der Waals surface area contributed by atoms with Crippen LogP contribution in [0.15, 0.2) is 42.5 Å². The zero-order valence-electron chi connectivity index (χ0n) is 21.1. The van der Waals surface area contributed by atoms with Crippen molar-refractivity contribution in [2.75, 3.05) is 13.7 Å². The number of amides is 1. The topological polar surface area (TPSA) is 86.2 Å². The third-order valence-electron chi connectivity index (χ3n) is 5.49. The highest BCUT2D eigenvalue weighted by molar-refractivity contribution is 6.33. The lowest BCUT2D eigenvalue weighted by atomic mass is 9.91. The first-order valence-corrected chi connectivity index (χ1v) is 11.9. The van der Waals surface area contributed by atoms with Gasteiger partial charge in [-0.05, 0) is 61.7 Å². The summed E-state index contributed by atoms with van der Waals surface area (Å²) in [6.07, 6.45) is -4.68. The standard InChI is InChI=1S/C26H28ClF3N4O3/c1-15(2)14-37-18-9-7-17(8-10-18)21-32-22(34-24(33-21)36-5)19-12-16(6-11-20(19)27)13-31-23(35)25(3,4)26(28,29)30/h6-12,15H,13-14H2,1-5H3,(H,31,35). The van der Waals surface area contributed by atoms with E-state index in [-0.39, 0.29) is 18.4 Å². The molecule has 2 aromatic carbocycles. The van der Waals surface area contributed by atoms with Crippen molar-refractivity contribution in [1.82, 2.24) is 20.3 Å². The first-order chi connectivity index (χ1) is 17.3. The van der Waals surface area contributed by atoms with Crippen molar-refractivity contribution in [3.8, 4) is 34.5 Å². The summed E-state index contributed by atoms with van der Waals surface area (Å²) in [7, 11) is 1.42. The Morgan fingerprint density at radius 3 is 2.27 bits per heavy atom. The number of aromatic nitrogens is 3. The molecule has 37 heavy (non-hydrogen) atoms. The fourth-order valence-electron chi connectivity index (χ4n) is 3.05. The summed E-state index contributed by atoms with van der Waals surface area (Å²) in [5, 5.41) is 2.64. The average Bonchev–Trinajstić information content (AvgIpc) is 2.86. The van der Waals surface area contributed by atoms with E-state index in [1.807, 2.05) is 24.3 Å². The SMILES string of the molecule is COc1nc(-c2ccc(OCC(C)C)cc2)nc(-c2cc(CNC(=O)C(C)(C)C(F)(F)F)ccc2Cl)n1. The molecule has 11 heteroatoms. The van der Waals surface area contributed by atoms with Crippen LogP contribution in [0, 0.1) is 11.3 Å². The monoisotopic (exact) mass is 536 g/mol. The maximum absolute atomic E-state index is 13.2. The molecule has 7 nitrogen and oxygen atoms in total. The Balaban J connectivity index is 1.88. The maximum Gasteiger partial charge on any atom is 0.402 e. The lowest BCUT2D eigenvalue weighted by Gasteiger charge is -2.26. The summed E-state index contributed by atoms with van der Waals surface area (Å²) in [4.78, 5) is 25.3. The molecule has 0 fully saturated rings. The van der Waals surface area contributed by atoms with Gasteiger partial charge in [0.25, 0.3) is 0 Å². The Kier molecular flexibility index (Phi) is 8.63. The van der Waals surface area contributed by atoms with Crippen molar-refractivity contribution in [1.29, 1.82) is 0 Å². The van der Waals surface area contributed by atoms with E-state index < -0.39 is 17.5 Å². The van der Waals surface area contributed by atoms with Crippen molar-refractivity contribution >= 4 is 17.5 Å². The second-order valence-corrected chi connectivity index (χ2v) is 9.73. The maximum atomic E-state index is 13.2. The van der Waals surface area contributed by atoms with Gasteiger partial charge in [0.2, 0.25) is 5.91 Å². The highest BCUT2D eigenvalue weighted by atomic mass is 35.5. The van der Waals surface area contributed by atoms with Crippen molar-refractivity contribution < 1.29 is 27.4 Å². The van der Waals surface area contributed by atoms with Crippen LogP contribution in [-0.2, 0) is 11.3 Å². The van der Waals surface area contributed by atoms with Crippen LogP contribution in [0.3, 0.4) is 0 Å². The van der Waals surface area contributed by atoms with Gasteiger partial charge < -0.3 is 14.8 Å². The van der Waals surface area contributed by atoms with E-state index in [2.05, 4.69) is 34.1 Å². The van der Waals surface area contributed by atoms with Gasteiger partial charge in [0.1, 0.15) is 11.2 Å². The molecular formula is C26H28ClF3N4O3. The summed E-state index contributed by atoms with van der Waals surface area (Å²) < 4.78 is 50.5. The summed E-state index contributed by atoms with van der Waals surface area (Å²) >= 11 is 6.41. The van der Waals surface area contributed by atoms with E-state index in [4.69, 9.17) is 21.1 Å². The zero-order chi connectivity index (χ0) is 27.4. The number of rotatable bonds is 9. The third kappa shape index (κ3) is 6.88. The van der Waals surface area contributed by atoms with Gasteiger partial charge in [-0.3, -0.25) is 4.79 Å². The number of hydrogen-bond donors (Lipinski definition) is 1. The number of benzene rings is 2. The van der Waals surface area contributed by atoms with E-state index in [1.165, 1.54) is 7.11 Å². The molecule has 1 aromatic heterocycles. The van der Waals surface area contributed by atoms with Crippen LogP contribution in [0.25, 0.3) is 22.8 Å². The predicted octanol–water partition coefficient (Wildman–Crippen LogP) is 6.11. The van der Waals surface area contributed by atoms with Crippen LogP contribution in [0.5, 0.6) is 11.8 Å². The molecule has 198 valence electrons. The van der Waals surface area contributed by atoms with Gasteiger partial charge in [-0.1, -0.05) is 31.5 Å². The molecular weight excluding hydrogens is 509 g/mol. The molecule has 0 atom stereocenters. The molecule has 0 saturated carbocycles. The number of ether oxygens (including phenoxy) is 2. The number of alkyl halides is 3. The van der Waals surface area contributed by atoms with Crippen molar-refractivity contribution in [3.05, 3.63) is 53.1 Å². The Morgan fingerprint density at radius 2 is 1.68 bits per heavy atom. The summed E-state index contributed by atoms with van der Waals surface area (Å²) in [5.74, 6) is 0.501. The highest BCUT2D eigenvalue weighted by Gasteiger charge is 2.52. The molecule has 3 aromatic rings. The van der Waals surface area contributed by atoms with Gasteiger partial charge >= 0.3 is 12.2 Å². The average molecular weight is 537 g/mol. The molecule has 1 heterocycles. The molecule has 0 aliphatic rings. The van der Waals surface area contributed by atoms with Crippen LogP contribution < -0.4 is 14.8 Å². The van der Waals surface area contributed by atoms with Crippen molar-refractivity contribution in [3.63, 3.8) is 0 Å². The molecule has 0 radical (unpaired) electrons. The smallest absolute Gasteiger partial charge is 0.402 e. The Morgan fingerprint density at radius 1 is 1.03 bits per heavy atom. The molecule has 0 spiro atoms. The number of halogens is 4. The Hall–Kier alpha value is -3.40. The van der Waals surface area contributed by atoms with Crippen molar-refractivity contribution in [2.24, 2.45) is 11.3 Å². The molecule has 0 bridgehead atoms. The number of methoxy groups -OCH3 is 1. The summed E-state index contributed by atoms with van der Waals surface area (Å²) in [5.41, 5.74) is -0.929. The summed E-state index contributed by atoms with van der Waals surface area (Å²) in [6, 6.07) is 12.1. The first kappa shape index (κ1) is 28.2. The molecule has 3 rings (SSSR count). The van der Waals surface area contributed by atoms with Gasteiger partial charge in [-0.25, -0.2) is 4.98 Å². The minimum atomic E-state index is -4.68. The van der Waals surface area contributed by atoms with Gasteiger partial charge in [-0.15, -0.1) is 0 Å². The van der Waals surface area contributed by atoms with Gasteiger partial charge in [0.05, 0.1) is 18.7 Å². The lowest BCUT2D eigenvalue weighted by Crippen LogP contribution is -2.46. The number of carbonyl (C=O) groups excluding carboxylic acids is 1. The number of carbonyl (C=O) groups is 1. The Labute approximate surface area is 218 Å². The number of hydrogen-bond acceptors (Lipinski definition) is 6. The van der Waals surface area contributed by atoms with E-state index in [9.17, 15) is 18.0 Å². The van der Waals surface area contributed by atoms with Crippen LogP contribution in [0.2, 0.25) is 5.02 Å². The zero-order valence-corrected chi connectivity index (χ0v) is 21.9. The highest BCUT2D eigenvalue weighted by Crippen LogP contribution is 2.37. The molecule has 0 saturated heterocycles. The largest absolute Gasteiger partial charge is 0.493 e. The molecule has 1 amide bonds.